The number of carbonyl (C=O) groups excluding carboxylic acids is 2. The third kappa shape index (κ3) is 4.67. The van der Waals surface area contributed by atoms with Gasteiger partial charge in [0.2, 0.25) is 5.91 Å². The number of carbonyl (C=O) groups is 2. The van der Waals surface area contributed by atoms with Gasteiger partial charge in [0.25, 0.3) is 0 Å². The summed E-state index contributed by atoms with van der Waals surface area (Å²) in [5, 5.41) is 0. The lowest BCUT2D eigenvalue weighted by Crippen LogP contribution is -2.43. The summed E-state index contributed by atoms with van der Waals surface area (Å²) in [4.78, 5) is 25.5. The van der Waals surface area contributed by atoms with E-state index in [-0.39, 0.29) is 24.5 Å². The van der Waals surface area contributed by atoms with Gasteiger partial charge in [-0.1, -0.05) is 19.8 Å². The molecule has 1 amide bonds. The van der Waals surface area contributed by atoms with Crippen molar-refractivity contribution < 1.29 is 14.3 Å². The fraction of sp³-hybridized carbons (Fsp3) is 0.857. The second kappa shape index (κ2) is 6.21. The Morgan fingerprint density at radius 1 is 1.22 bits per heavy atom. The van der Waals surface area contributed by atoms with E-state index in [9.17, 15) is 9.59 Å². The zero-order chi connectivity index (χ0) is 13.8. The van der Waals surface area contributed by atoms with Gasteiger partial charge >= 0.3 is 5.97 Å². The van der Waals surface area contributed by atoms with Crippen LogP contribution in [-0.2, 0) is 14.3 Å². The van der Waals surface area contributed by atoms with Crippen LogP contribution < -0.4 is 0 Å². The summed E-state index contributed by atoms with van der Waals surface area (Å²) in [6.45, 7) is 7.44. The first-order valence-corrected chi connectivity index (χ1v) is 6.85. The van der Waals surface area contributed by atoms with E-state index in [0.717, 1.165) is 25.7 Å². The first-order chi connectivity index (χ1) is 8.33. The molecular weight excluding hydrogens is 230 g/mol. The molecule has 1 rings (SSSR count). The Labute approximate surface area is 110 Å². The smallest absolute Gasteiger partial charge is 0.326 e. The van der Waals surface area contributed by atoms with Crippen LogP contribution in [0.15, 0.2) is 0 Å². The molecule has 0 aromatic carbocycles. The van der Waals surface area contributed by atoms with Crippen molar-refractivity contribution in [3.05, 3.63) is 0 Å². The number of rotatable bonds is 4. The number of esters is 1. The molecule has 0 spiro atoms. The van der Waals surface area contributed by atoms with Crippen LogP contribution in [0.5, 0.6) is 0 Å². The largest absolute Gasteiger partial charge is 0.459 e. The van der Waals surface area contributed by atoms with Crippen LogP contribution in [0, 0.1) is 0 Å². The van der Waals surface area contributed by atoms with E-state index in [2.05, 4.69) is 0 Å². The van der Waals surface area contributed by atoms with Gasteiger partial charge in [-0.15, -0.1) is 0 Å². The molecule has 1 aliphatic rings. The Balaban J connectivity index is 2.61. The van der Waals surface area contributed by atoms with E-state index in [1.807, 2.05) is 27.7 Å². The molecule has 0 bridgehead atoms. The molecule has 0 saturated heterocycles. The lowest BCUT2D eigenvalue weighted by atomic mass is 10.2. The molecule has 0 aromatic heterocycles. The van der Waals surface area contributed by atoms with Crippen molar-refractivity contribution in [3.63, 3.8) is 0 Å². The zero-order valence-electron chi connectivity index (χ0n) is 12.0. The molecule has 0 heterocycles. The minimum atomic E-state index is -0.492. The van der Waals surface area contributed by atoms with Crippen molar-refractivity contribution in [2.24, 2.45) is 0 Å². The summed E-state index contributed by atoms with van der Waals surface area (Å²) in [7, 11) is 0. The van der Waals surface area contributed by atoms with Gasteiger partial charge in [-0.25, -0.2) is 0 Å². The van der Waals surface area contributed by atoms with Gasteiger partial charge in [0, 0.05) is 12.5 Å². The molecule has 0 N–H and O–H groups in total. The fourth-order valence-electron chi connectivity index (χ4n) is 2.35. The van der Waals surface area contributed by atoms with E-state index < -0.39 is 5.60 Å². The minimum absolute atomic E-state index is 0.0489. The number of amides is 1. The van der Waals surface area contributed by atoms with Gasteiger partial charge in [0.05, 0.1) is 0 Å². The Hall–Kier alpha value is -1.06. The van der Waals surface area contributed by atoms with Crippen LogP contribution in [-0.4, -0.2) is 35.0 Å². The molecule has 1 fully saturated rings. The average molecular weight is 255 g/mol. The first kappa shape index (κ1) is 15.0. The lowest BCUT2D eigenvalue weighted by molar-refractivity contribution is -0.160. The molecule has 0 radical (unpaired) electrons. The average Bonchev–Trinajstić information content (AvgIpc) is 2.75. The summed E-state index contributed by atoms with van der Waals surface area (Å²) >= 11 is 0. The standard InChI is InChI=1S/C14H25NO3/c1-5-12(16)15(11-8-6-7-9-11)10-13(17)18-14(2,3)4/h11H,5-10H2,1-4H3. The van der Waals surface area contributed by atoms with Gasteiger partial charge in [0.1, 0.15) is 12.1 Å². The molecule has 4 nitrogen and oxygen atoms in total. The monoisotopic (exact) mass is 255 g/mol. The maximum atomic E-state index is 11.9. The van der Waals surface area contributed by atoms with Crippen LogP contribution in [0.2, 0.25) is 0 Å². The number of hydrogen-bond acceptors (Lipinski definition) is 3. The fourth-order valence-corrected chi connectivity index (χ4v) is 2.35. The number of nitrogens with zero attached hydrogens (tertiary/aromatic N) is 1. The Morgan fingerprint density at radius 2 is 1.78 bits per heavy atom. The zero-order valence-corrected chi connectivity index (χ0v) is 12.0. The van der Waals surface area contributed by atoms with Gasteiger partial charge in [-0.05, 0) is 33.6 Å². The SMILES string of the molecule is CCC(=O)N(CC(=O)OC(C)(C)C)C1CCCC1. The van der Waals surface area contributed by atoms with Crippen LogP contribution in [0.1, 0.15) is 59.8 Å². The predicted octanol–water partition coefficient (Wildman–Crippen LogP) is 2.51. The van der Waals surface area contributed by atoms with Crippen LogP contribution in [0.25, 0.3) is 0 Å². The molecule has 1 aliphatic carbocycles. The summed E-state index contributed by atoms with van der Waals surface area (Å²) in [6.07, 6.45) is 4.75. The first-order valence-electron chi connectivity index (χ1n) is 6.85. The van der Waals surface area contributed by atoms with Crippen LogP contribution in [0.3, 0.4) is 0 Å². The molecule has 104 valence electrons. The molecule has 0 aliphatic heterocycles. The Bertz CT molecular complexity index is 301. The molecule has 0 atom stereocenters. The molecule has 1 saturated carbocycles. The van der Waals surface area contributed by atoms with Crippen molar-refractivity contribution in [2.75, 3.05) is 6.54 Å². The van der Waals surface area contributed by atoms with Gasteiger partial charge in [-0.3, -0.25) is 9.59 Å². The highest BCUT2D eigenvalue weighted by Crippen LogP contribution is 2.24. The summed E-state index contributed by atoms with van der Waals surface area (Å²) in [6, 6.07) is 0.227. The highest BCUT2D eigenvalue weighted by atomic mass is 16.6. The molecule has 0 unspecified atom stereocenters. The van der Waals surface area contributed by atoms with E-state index in [1.165, 1.54) is 0 Å². The normalized spacial score (nSPS) is 16.7. The molecular formula is C14H25NO3. The molecule has 0 aromatic rings. The summed E-state index contributed by atoms with van der Waals surface area (Å²) < 4.78 is 5.29. The Kier molecular flexibility index (Phi) is 5.17. The maximum Gasteiger partial charge on any atom is 0.326 e. The van der Waals surface area contributed by atoms with E-state index >= 15 is 0 Å². The highest BCUT2D eigenvalue weighted by Gasteiger charge is 2.29. The van der Waals surface area contributed by atoms with E-state index in [0.29, 0.717) is 6.42 Å². The van der Waals surface area contributed by atoms with Crippen molar-refractivity contribution in [1.29, 1.82) is 0 Å². The van der Waals surface area contributed by atoms with Crippen molar-refractivity contribution in [1.82, 2.24) is 4.90 Å². The van der Waals surface area contributed by atoms with Gasteiger partial charge < -0.3 is 9.64 Å². The van der Waals surface area contributed by atoms with Crippen molar-refractivity contribution in [3.8, 4) is 0 Å². The van der Waals surface area contributed by atoms with E-state index in [1.54, 1.807) is 4.90 Å². The van der Waals surface area contributed by atoms with Crippen LogP contribution in [0.4, 0.5) is 0 Å². The molecule has 4 heteroatoms. The third-order valence-corrected chi connectivity index (χ3v) is 3.11. The van der Waals surface area contributed by atoms with Crippen molar-refractivity contribution >= 4 is 11.9 Å². The summed E-state index contributed by atoms with van der Waals surface area (Å²) in [5.74, 6) is -0.260. The van der Waals surface area contributed by atoms with Crippen LogP contribution >= 0.6 is 0 Å². The maximum absolute atomic E-state index is 11.9. The highest BCUT2D eigenvalue weighted by molar-refractivity contribution is 5.82. The minimum Gasteiger partial charge on any atom is -0.459 e. The second-order valence-corrected chi connectivity index (χ2v) is 5.90. The van der Waals surface area contributed by atoms with Gasteiger partial charge in [0.15, 0.2) is 0 Å². The third-order valence-electron chi connectivity index (χ3n) is 3.11. The topological polar surface area (TPSA) is 46.6 Å². The molecule has 18 heavy (non-hydrogen) atoms. The quantitative estimate of drug-likeness (QED) is 0.725. The van der Waals surface area contributed by atoms with Crippen molar-refractivity contribution in [2.45, 2.75) is 71.4 Å². The predicted molar refractivity (Wildman–Crippen MR) is 70.1 cm³/mol. The second-order valence-electron chi connectivity index (χ2n) is 5.90. The number of ether oxygens (including phenoxy) is 1. The summed E-state index contributed by atoms with van der Waals surface area (Å²) in [5.41, 5.74) is -0.492. The number of hydrogen-bond donors (Lipinski definition) is 0. The van der Waals surface area contributed by atoms with E-state index in [4.69, 9.17) is 4.74 Å². The lowest BCUT2D eigenvalue weighted by Gasteiger charge is -2.29. The van der Waals surface area contributed by atoms with Gasteiger partial charge in [-0.2, -0.15) is 0 Å². The Morgan fingerprint density at radius 3 is 2.22 bits per heavy atom.